The molecule has 39 heavy (non-hydrogen) atoms. The van der Waals surface area contributed by atoms with Crippen molar-refractivity contribution in [1.29, 1.82) is 0 Å². The van der Waals surface area contributed by atoms with Crippen LogP contribution in [0.15, 0.2) is 48.5 Å². The molecule has 1 amide bonds. The zero-order valence-corrected chi connectivity index (χ0v) is 20.1. The van der Waals surface area contributed by atoms with Gasteiger partial charge in [0.15, 0.2) is 5.69 Å². The molecule has 4 rings (SSSR count). The van der Waals surface area contributed by atoms with Crippen molar-refractivity contribution in [3.63, 3.8) is 0 Å². The van der Waals surface area contributed by atoms with E-state index < -0.39 is 59.8 Å². The highest BCUT2D eigenvalue weighted by Gasteiger charge is 2.46. The lowest BCUT2D eigenvalue weighted by Crippen LogP contribution is -2.31. The molecule has 0 bridgehead atoms. The molecule has 2 heterocycles. The number of carbonyl (C=O) groups is 2. The third-order valence-corrected chi connectivity index (χ3v) is 6.27. The number of fused-ring (bicyclic) bond motifs is 1. The normalized spacial score (nSPS) is 16.2. The molecule has 2 aromatic carbocycles. The molecule has 0 unspecified atom stereocenters. The molecule has 3 aromatic rings. The van der Waals surface area contributed by atoms with Crippen LogP contribution in [0.25, 0.3) is 0 Å². The number of anilines is 1. The van der Waals surface area contributed by atoms with E-state index in [-0.39, 0.29) is 30.0 Å². The highest BCUT2D eigenvalue weighted by atomic mass is 19.4. The summed E-state index contributed by atoms with van der Waals surface area (Å²) in [5, 5.41) is 15.0. The molecule has 0 radical (unpaired) electrons. The van der Waals surface area contributed by atoms with Crippen molar-refractivity contribution in [2.45, 2.75) is 37.9 Å². The number of carboxylic acid groups (broad SMARTS) is 1. The van der Waals surface area contributed by atoms with E-state index in [1.807, 2.05) is 0 Å². The first-order chi connectivity index (χ1) is 18.2. The van der Waals surface area contributed by atoms with Crippen LogP contribution in [0.2, 0.25) is 0 Å². The highest BCUT2D eigenvalue weighted by Crippen LogP contribution is 2.42. The van der Waals surface area contributed by atoms with Gasteiger partial charge in [0.1, 0.15) is 24.1 Å². The molecule has 1 aliphatic rings. The van der Waals surface area contributed by atoms with Gasteiger partial charge < -0.3 is 15.3 Å². The van der Waals surface area contributed by atoms with Crippen molar-refractivity contribution in [1.82, 2.24) is 15.1 Å². The standard InChI is InChI=1S/C25H21F7N4O3/c1-13(15-5-7-16(8-6-15)23(38)39)33-21(37)19-20(25(30,31)32)34-36-18(10-26)12-35(22(19)36)11-14-3-2-4-17(9-14)24(27,28)29/h2-9,13,18H,10-12H2,1H3,(H,33,37)(H,38,39)/t13-,18+/m0/s1. The van der Waals surface area contributed by atoms with Crippen LogP contribution in [0.3, 0.4) is 0 Å². The summed E-state index contributed by atoms with van der Waals surface area (Å²) >= 11 is 0. The lowest BCUT2D eigenvalue weighted by molar-refractivity contribution is -0.142. The van der Waals surface area contributed by atoms with Gasteiger partial charge in [0.2, 0.25) is 0 Å². The number of alkyl halides is 7. The van der Waals surface area contributed by atoms with Gasteiger partial charge in [-0.3, -0.25) is 4.79 Å². The van der Waals surface area contributed by atoms with E-state index in [4.69, 9.17) is 5.11 Å². The number of carboxylic acids is 1. The topological polar surface area (TPSA) is 87.5 Å². The zero-order chi connectivity index (χ0) is 28.7. The summed E-state index contributed by atoms with van der Waals surface area (Å²) in [5.41, 5.74) is -2.97. The number of benzene rings is 2. The van der Waals surface area contributed by atoms with E-state index in [2.05, 4.69) is 10.4 Å². The first-order valence-electron chi connectivity index (χ1n) is 11.5. The number of halogens is 7. The van der Waals surface area contributed by atoms with E-state index in [1.54, 1.807) is 0 Å². The highest BCUT2D eigenvalue weighted by molar-refractivity contribution is 6.01. The number of hydrogen-bond donors (Lipinski definition) is 2. The van der Waals surface area contributed by atoms with Crippen LogP contribution in [-0.4, -0.2) is 40.0 Å². The summed E-state index contributed by atoms with van der Waals surface area (Å²) < 4.78 is 96.0. The molecule has 0 fully saturated rings. The lowest BCUT2D eigenvalue weighted by Gasteiger charge is -2.21. The number of rotatable bonds is 7. The monoisotopic (exact) mass is 558 g/mol. The van der Waals surface area contributed by atoms with Gasteiger partial charge in [0, 0.05) is 13.1 Å². The van der Waals surface area contributed by atoms with Gasteiger partial charge in [-0.15, -0.1) is 0 Å². The minimum Gasteiger partial charge on any atom is -0.478 e. The average Bonchev–Trinajstić information content (AvgIpc) is 3.42. The van der Waals surface area contributed by atoms with Gasteiger partial charge in [0.05, 0.1) is 17.2 Å². The summed E-state index contributed by atoms with van der Waals surface area (Å²) in [4.78, 5) is 25.5. The number of nitrogens with zero attached hydrogens (tertiary/aromatic N) is 3. The second-order valence-corrected chi connectivity index (χ2v) is 9.00. The lowest BCUT2D eigenvalue weighted by atomic mass is 10.1. The number of carbonyl (C=O) groups excluding carboxylic acids is 1. The number of nitrogens with one attached hydrogen (secondary N) is 1. The van der Waals surface area contributed by atoms with Crippen LogP contribution in [-0.2, 0) is 18.9 Å². The number of amides is 1. The molecule has 0 saturated carbocycles. The molecule has 2 N–H and O–H groups in total. The smallest absolute Gasteiger partial charge is 0.436 e. The van der Waals surface area contributed by atoms with Crippen LogP contribution in [0, 0.1) is 0 Å². The van der Waals surface area contributed by atoms with Gasteiger partial charge in [-0.25, -0.2) is 13.9 Å². The van der Waals surface area contributed by atoms with Gasteiger partial charge in [0.25, 0.3) is 5.91 Å². The molecular formula is C25H21F7N4O3. The summed E-state index contributed by atoms with van der Waals surface area (Å²) in [5.74, 6) is -2.74. The Morgan fingerprint density at radius 1 is 1.08 bits per heavy atom. The Morgan fingerprint density at radius 2 is 1.74 bits per heavy atom. The fourth-order valence-corrected chi connectivity index (χ4v) is 4.40. The summed E-state index contributed by atoms with van der Waals surface area (Å²) in [6.45, 7) is -0.219. The molecule has 0 saturated heterocycles. The molecule has 0 spiro atoms. The zero-order valence-electron chi connectivity index (χ0n) is 20.1. The molecule has 208 valence electrons. The molecule has 7 nitrogen and oxygen atoms in total. The Morgan fingerprint density at radius 3 is 2.31 bits per heavy atom. The van der Waals surface area contributed by atoms with Crippen molar-refractivity contribution < 1.29 is 45.4 Å². The molecule has 1 aromatic heterocycles. The summed E-state index contributed by atoms with van der Waals surface area (Å²) in [6.07, 6.45) is -9.75. The van der Waals surface area contributed by atoms with Crippen molar-refractivity contribution in [3.05, 3.63) is 82.0 Å². The Kier molecular flexibility index (Phi) is 7.32. The van der Waals surface area contributed by atoms with Crippen LogP contribution >= 0.6 is 0 Å². The molecule has 1 aliphatic heterocycles. The Labute approximate surface area is 216 Å². The SMILES string of the molecule is C[C@H](NC(=O)c1c(C(F)(F)F)nn2c1N(Cc1cccc(C(F)(F)F)c1)C[C@H]2CF)c1ccc(C(=O)O)cc1. The van der Waals surface area contributed by atoms with Crippen LogP contribution in [0.1, 0.15) is 62.1 Å². The molecule has 2 atom stereocenters. The first-order valence-corrected chi connectivity index (χ1v) is 11.5. The van der Waals surface area contributed by atoms with E-state index in [9.17, 15) is 40.3 Å². The van der Waals surface area contributed by atoms with Crippen LogP contribution in [0.5, 0.6) is 0 Å². The van der Waals surface area contributed by atoms with Gasteiger partial charge in [-0.05, 0) is 42.3 Å². The van der Waals surface area contributed by atoms with Gasteiger partial charge in [-0.1, -0.05) is 24.3 Å². The third-order valence-electron chi connectivity index (χ3n) is 6.27. The summed E-state index contributed by atoms with van der Waals surface area (Å²) in [7, 11) is 0. The third kappa shape index (κ3) is 5.68. The van der Waals surface area contributed by atoms with E-state index >= 15 is 0 Å². The van der Waals surface area contributed by atoms with Crippen LogP contribution in [0.4, 0.5) is 36.6 Å². The Balaban J connectivity index is 1.71. The maximum Gasteiger partial charge on any atom is 0.436 e. The second-order valence-electron chi connectivity index (χ2n) is 9.00. The first kappa shape index (κ1) is 27.9. The number of aromatic carboxylic acids is 1. The predicted octanol–water partition coefficient (Wildman–Crippen LogP) is 5.64. The molecule has 14 heteroatoms. The Bertz CT molecular complexity index is 1380. The summed E-state index contributed by atoms with van der Waals surface area (Å²) in [6, 6.07) is 7.40. The van der Waals surface area contributed by atoms with Gasteiger partial charge >= 0.3 is 18.3 Å². The van der Waals surface area contributed by atoms with E-state index in [0.29, 0.717) is 5.56 Å². The van der Waals surface area contributed by atoms with E-state index in [0.717, 1.165) is 22.9 Å². The van der Waals surface area contributed by atoms with Crippen molar-refractivity contribution in [2.75, 3.05) is 18.1 Å². The van der Waals surface area contributed by atoms with Crippen LogP contribution < -0.4 is 10.2 Å². The minimum atomic E-state index is -5.10. The van der Waals surface area contributed by atoms with Crippen molar-refractivity contribution in [3.8, 4) is 0 Å². The second kappa shape index (κ2) is 10.2. The number of aromatic nitrogens is 2. The average molecular weight is 558 g/mol. The fraction of sp³-hybridized carbons (Fsp3) is 0.320. The Hall–Kier alpha value is -4.10. The van der Waals surface area contributed by atoms with Crippen molar-refractivity contribution in [2.24, 2.45) is 0 Å². The maximum absolute atomic E-state index is 14.0. The van der Waals surface area contributed by atoms with E-state index in [1.165, 1.54) is 42.2 Å². The largest absolute Gasteiger partial charge is 0.478 e. The predicted molar refractivity (Wildman–Crippen MR) is 124 cm³/mol. The minimum absolute atomic E-state index is 0.0337. The quantitative estimate of drug-likeness (QED) is 0.367. The molecule has 0 aliphatic carbocycles. The maximum atomic E-state index is 14.0. The number of hydrogen-bond acceptors (Lipinski definition) is 4. The van der Waals surface area contributed by atoms with Gasteiger partial charge in [-0.2, -0.15) is 31.4 Å². The van der Waals surface area contributed by atoms with Crippen molar-refractivity contribution >= 4 is 17.7 Å². The fourth-order valence-electron chi connectivity index (χ4n) is 4.40. The molecular weight excluding hydrogens is 537 g/mol.